The van der Waals surface area contributed by atoms with Gasteiger partial charge < -0.3 is 9.47 Å². The molecule has 25 heavy (non-hydrogen) atoms. The molecule has 0 aromatic heterocycles. The number of carbonyl (C=O) groups excluding carboxylic acids is 1. The van der Waals surface area contributed by atoms with Crippen molar-refractivity contribution in [2.45, 2.75) is 70.8 Å². The standard InChI is InChI=1S/C18H27NO5S/c1-16(2)11-4-6-18(16)10-25(21,22)19(14(18)8-11)15(20)12-9-17(3)23-7-5-13(12)24-17/h11-14H,4-10H2,1-3H3/t11?,12-,13+,14-,17+,18-/m1/s1. The molecule has 5 fully saturated rings. The van der Waals surface area contributed by atoms with Crippen LogP contribution < -0.4 is 0 Å². The lowest BCUT2D eigenvalue weighted by Gasteiger charge is -2.37. The molecular weight excluding hydrogens is 342 g/mol. The van der Waals surface area contributed by atoms with Gasteiger partial charge in [-0.1, -0.05) is 13.8 Å². The minimum atomic E-state index is -3.56. The number of fused-ring (bicyclic) bond motifs is 3. The minimum absolute atomic E-state index is 0.0169. The highest BCUT2D eigenvalue weighted by atomic mass is 32.2. The molecular formula is C18H27NO5S. The average molecular weight is 369 g/mol. The molecule has 0 aromatic rings. The molecule has 0 N–H and O–H groups in total. The lowest BCUT2D eigenvalue weighted by molar-refractivity contribution is -0.248. The Hall–Kier alpha value is -0.660. The Morgan fingerprint density at radius 1 is 1.20 bits per heavy atom. The molecule has 140 valence electrons. The molecule has 1 amide bonds. The zero-order chi connectivity index (χ0) is 17.8. The van der Waals surface area contributed by atoms with E-state index >= 15 is 0 Å². The smallest absolute Gasteiger partial charge is 0.242 e. The predicted octanol–water partition coefficient (Wildman–Crippen LogP) is 1.89. The summed E-state index contributed by atoms with van der Waals surface area (Å²) in [5.41, 5.74) is -0.280. The van der Waals surface area contributed by atoms with Crippen LogP contribution in [0.4, 0.5) is 0 Å². The first kappa shape index (κ1) is 16.5. The fourth-order valence-corrected chi connectivity index (χ4v) is 9.30. The number of amides is 1. The van der Waals surface area contributed by atoms with Crippen LogP contribution in [-0.2, 0) is 24.3 Å². The van der Waals surface area contributed by atoms with E-state index in [4.69, 9.17) is 9.47 Å². The van der Waals surface area contributed by atoms with Gasteiger partial charge in [-0.05, 0) is 43.9 Å². The lowest BCUT2D eigenvalue weighted by Crippen LogP contribution is -2.47. The van der Waals surface area contributed by atoms with E-state index in [1.807, 2.05) is 6.92 Å². The topological polar surface area (TPSA) is 72.9 Å². The van der Waals surface area contributed by atoms with E-state index in [9.17, 15) is 13.2 Å². The van der Waals surface area contributed by atoms with Crippen molar-refractivity contribution in [3.05, 3.63) is 0 Å². The molecule has 3 saturated heterocycles. The van der Waals surface area contributed by atoms with Crippen molar-refractivity contribution in [2.24, 2.45) is 22.7 Å². The predicted molar refractivity (Wildman–Crippen MR) is 89.9 cm³/mol. The fourth-order valence-electron chi connectivity index (χ4n) is 6.71. The van der Waals surface area contributed by atoms with Gasteiger partial charge in [-0.3, -0.25) is 4.79 Å². The van der Waals surface area contributed by atoms with Crippen LogP contribution in [0.2, 0.25) is 0 Å². The zero-order valence-corrected chi connectivity index (χ0v) is 16.0. The van der Waals surface area contributed by atoms with Crippen molar-refractivity contribution in [2.75, 3.05) is 12.4 Å². The van der Waals surface area contributed by atoms with Crippen molar-refractivity contribution in [3.8, 4) is 0 Å². The fraction of sp³-hybridized carbons (Fsp3) is 0.944. The Labute approximate surface area is 149 Å². The van der Waals surface area contributed by atoms with E-state index in [1.165, 1.54) is 4.31 Å². The molecule has 3 heterocycles. The summed E-state index contributed by atoms with van der Waals surface area (Å²) in [6.45, 7) is 6.83. The van der Waals surface area contributed by atoms with Crippen molar-refractivity contribution < 1.29 is 22.7 Å². The molecule has 1 unspecified atom stereocenters. The van der Waals surface area contributed by atoms with Crippen LogP contribution in [0.1, 0.15) is 52.9 Å². The van der Waals surface area contributed by atoms with Crippen molar-refractivity contribution in [3.63, 3.8) is 0 Å². The maximum atomic E-state index is 13.4. The van der Waals surface area contributed by atoms with Crippen molar-refractivity contribution in [1.29, 1.82) is 0 Å². The van der Waals surface area contributed by atoms with Crippen molar-refractivity contribution in [1.82, 2.24) is 4.31 Å². The number of rotatable bonds is 1. The largest absolute Gasteiger partial charge is 0.350 e. The van der Waals surface area contributed by atoms with E-state index in [-0.39, 0.29) is 34.6 Å². The highest BCUT2D eigenvalue weighted by Crippen LogP contribution is 2.70. The molecule has 2 aliphatic carbocycles. The highest BCUT2D eigenvalue weighted by Gasteiger charge is 2.73. The summed E-state index contributed by atoms with van der Waals surface area (Å²) in [5, 5.41) is 0. The third-order valence-electron chi connectivity index (χ3n) is 8.20. The number of ether oxygens (including phenoxy) is 2. The average Bonchev–Trinajstić information content (AvgIpc) is 3.07. The van der Waals surface area contributed by atoms with Gasteiger partial charge in [0, 0.05) is 11.8 Å². The normalized spacial score (nSPS) is 51.7. The molecule has 5 aliphatic rings. The van der Waals surface area contributed by atoms with Crippen LogP contribution in [0, 0.1) is 22.7 Å². The molecule has 4 bridgehead atoms. The van der Waals surface area contributed by atoms with Gasteiger partial charge in [0.2, 0.25) is 15.9 Å². The van der Waals surface area contributed by atoms with Gasteiger partial charge in [0.15, 0.2) is 5.79 Å². The zero-order valence-electron chi connectivity index (χ0n) is 15.2. The van der Waals surface area contributed by atoms with Gasteiger partial charge in [0.25, 0.3) is 0 Å². The van der Waals surface area contributed by atoms with Crippen LogP contribution in [0.25, 0.3) is 0 Å². The van der Waals surface area contributed by atoms with Gasteiger partial charge in [-0.15, -0.1) is 0 Å². The van der Waals surface area contributed by atoms with Crippen LogP contribution in [0.3, 0.4) is 0 Å². The maximum absolute atomic E-state index is 13.4. The first-order valence-electron chi connectivity index (χ1n) is 9.47. The number of hydrogen-bond acceptors (Lipinski definition) is 5. The first-order chi connectivity index (χ1) is 11.6. The molecule has 2 saturated carbocycles. The molecule has 5 rings (SSSR count). The lowest BCUT2D eigenvalue weighted by atomic mass is 9.69. The van der Waals surface area contributed by atoms with E-state index in [2.05, 4.69) is 13.8 Å². The summed E-state index contributed by atoms with van der Waals surface area (Å²) >= 11 is 0. The van der Waals surface area contributed by atoms with Gasteiger partial charge in [0.05, 0.1) is 30.4 Å². The van der Waals surface area contributed by atoms with E-state index in [0.29, 0.717) is 25.4 Å². The number of sulfonamides is 1. The van der Waals surface area contributed by atoms with E-state index < -0.39 is 21.7 Å². The summed E-state index contributed by atoms with van der Waals surface area (Å²) in [4.78, 5) is 13.4. The van der Waals surface area contributed by atoms with Crippen molar-refractivity contribution >= 4 is 15.9 Å². The molecule has 3 aliphatic heterocycles. The summed E-state index contributed by atoms with van der Waals surface area (Å²) in [7, 11) is -3.56. The molecule has 6 atom stereocenters. The van der Waals surface area contributed by atoms with Gasteiger partial charge in [-0.25, -0.2) is 12.7 Å². The van der Waals surface area contributed by atoms with E-state index in [0.717, 1.165) is 19.3 Å². The molecule has 7 heteroatoms. The quantitative estimate of drug-likeness (QED) is 0.706. The van der Waals surface area contributed by atoms with E-state index in [1.54, 1.807) is 0 Å². The second kappa shape index (κ2) is 4.60. The van der Waals surface area contributed by atoms with Gasteiger partial charge in [0.1, 0.15) is 0 Å². The number of carbonyl (C=O) groups is 1. The number of hydrogen-bond donors (Lipinski definition) is 0. The minimum Gasteiger partial charge on any atom is -0.350 e. The van der Waals surface area contributed by atoms with Crippen LogP contribution >= 0.6 is 0 Å². The van der Waals surface area contributed by atoms with Crippen LogP contribution in [-0.4, -0.2) is 48.9 Å². The second-order valence-electron chi connectivity index (χ2n) is 9.49. The Morgan fingerprint density at radius 2 is 1.96 bits per heavy atom. The molecule has 6 nitrogen and oxygen atoms in total. The summed E-state index contributed by atoms with van der Waals surface area (Å²) in [6.07, 6.45) is 3.72. The van der Waals surface area contributed by atoms with Gasteiger partial charge in [-0.2, -0.15) is 0 Å². The summed E-state index contributed by atoms with van der Waals surface area (Å²) < 4.78 is 39.0. The van der Waals surface area contributed by atoms with Crippen LogP contribution in [0.15, 0.2) is 0 Å². The third-order valence-corrected chi connectivity index (χ3v) is 10.1. The molecule has 1 spiro atoms. The summed E-state index contributed by atoms with van der Waals surface area (Å²) in [5.74, 6) is -0.739. The Bertz CT molecular complexity index is 749. The Balaban J connectivity index is 1.51. The maximum Gasteiger partial charge on any atom is 0.242 e. The third kappa shape index (κ3) is 1.87. The monoisotopic (exact) mass is 369 g/mol. The molecule has 0 aromatic carbocycles. The molecule has 0 radical (unpaired) electrons. The highest BCUT2D eigenvalue weighted by molar-refractivity contribution is 7.90. The van der Waals surface area contributed by atoms with Crippen LogP contribution in [0.5, 0.6) is 0 Å². The summed E-state index contributed by atoms with van der Waals surface area (Å²) in [6, 6.07) is -0.159. The first-order valence-corrected chi connectivity index (χ1v) is 11.1. The second-order valence-corrected chi connectivity index (χ2v) is 11.3. The number of nitrogens with zero attached hydrogens (tertiary/aromatic N) is 1. The SMILES string of the molecule is CC1(C)C2CC[C@]13CS(=O)(=O)N(C(=O)[C@@H]1C[C@@]4(C)OCC[C@@H]1O4)[C@@H]3C2. The van der Waals surface area contributed by atoms with Gasteiger partial charge >= 0.3 is 0 Å². The Kier molecular flexibility index (Phi) is 3.04. The Morgan fingerprint density at radius 3 is 2.64 bits per heavy atom.